The number of benzene rings is 2. The van der Waals surface area contributed by atoms with E-state index in [-0.39, 0.29) is 0 Å². The molecule has 1 aliphatic rings. The summed E-state index contributed by atoms with van der Waals surface area (Å²) in [6.45, 7) is 2.44. The summed E-state index contributed by atoms with van der Waals surface area (Å²) in [6.07, 6.45) is 0. The Hall–Kier alpha value is -2.18. The number of carbonyl (C=O) groups is 1. The summed E-state index contributed by atoms with van der Waals surface area (Å²) in [6, 6.07) is 8.31. The van der Waals surface area contributed by atoms with Crippen LogP contribution in [0, 0.1) is 11.6 Å². The van der Waals surface area contributed by atoms with Gasteiger partial charge in [0.2, 0.25) is 0 Å². The van der Waals surface area contributed by atoms with Crippen molar-refractivity contribution in [3.63, 3.8) is 0 Å². The average Bonchev–Trinajstić information content (AvgIpc) is 2.55. The van der Waals surface area contributed by atoms with Gasteiger partial charge in [-0.2, -0.15) is 0 Å². The Morgan fingerprint density at radius 2 is 1.79 bits per heavy atom. The standard InChI is InChI=1S/C17H15ClF2N2O2/c18-11-4-5-15(22-6-8-24-9-7-22)14(10-11)21-17(23)16-12(19)2-1-3-13(16)20/h1-5,10H,6-9H2,(H,21,23). The number of hydrogen-bond donors (Lipinski definition) is 1. The quantitative estimate of drug-likeness (QED) is 0.915. The molecule has 1 N–H and O–H groups in total. The maximum Gasteiger partial charge on any atom is 0.261 e. The van der Waals surface area contributed by atoms with Gasteiger partial charge in [-0.3, -0.25) is 4.79 Å². The number of rotatable bonds is 3. The van der Waals surface area contributed by atoms with Crippen LogP contribution in [0.3, 0.4) is 0 Å². The summed E-state index contributed by atoms with van der Waals surface area (Å²) < 4.78 is 32.9. The molecule has 0 aliphatic carbocycles. The highest BCUT2D eigenvalue weighted by Crippen LogP contribution is 2.30. The van der Waals surface area contributed by atoms with Crippen molar-refractivity contribution in [1.82, 2.24) is 0 Å². The number of amides is 1. The highest BCUT2D eigenvalue weighted by Gasteiger charge is 2.20. The van der Waals surface area contributed by atoms with Crippen LogP contribution in [0.2, 0.25) is 5.02 Å². The Kier molecular flexibility index (Phi) is 4.97. The van der Waals surface area contributed by atoms with Gasteiger partial charge in [-0.15, -0.1) is 0 Å². The molecule has 0 bridgehead atoms. The minimum Gasteiger partial charge on any atom is -0.378 e. The Balaban J connectivity index is 1.91. The molecule has 0 unspecified atom stereocenters. The molecule has 24 heavy (non-hydrogen) atoms. The highest BCUT2D eigenvalue weighted by atomic mass is 35.5. The molecule has 3 rings (SSSR count). The van der Waals surface area contributed by atoms with Crippen LogP contribution in [0.1, 0.15) is 10.4 Å². The van der Waals surface area contributed by atoms with Crippen molar-refractivity contribution >= 4 is 28.9 Å². The average molecular weight is 353 g/mol. The molecule has 1 heterocycles. The Bertz CT molecular complexity index is 744. The van der Waals surface area contributed by atoms with Gasteiger partial charge in [0.05, 0.1) is 24.6 Å². The van der Waals surface area contributed by atoms with Gasteiger partial charge in [0.15, 0.2) is 0 Å². The summed E-state index contributed by atoms with van der Waals surface area (Å²) in [5, 5.41) is 2.97. The number of halogens is 3. The lowest BCUT2D eigenvalue weighted by Gasteiger charge is -2.30. The SMILES string of the molecule is O=C(Nc1cc(Cl)ccc1N1CCOCC1)c1c(F)cccc1F. The number of ether oxygens (including phenoxy) is 1. The van der Waals surface area contributed by atoms with Crippen molar-refractivity contribution in [1.29, 1.82) is 0 Å². The number of anilines is 2. The van der Waals surface area contributed by atoms with Crippen molar-refractivity contribution < 1.29 is 18.3 Å². The normalized spacial score (nSPS) is 14.5. The third-order valence-corrected chi connectivity index (χ3v) is 3.98. The van der Waals surface area contributed by atoms with E-state index in [1.807, 2.05) is 4.90 Å². The maximum absolute atomic E-state index is 13.8. The molecule has 1 amide bonds. The van der Waals surface area contributed by atoms with Gasteiger partial charge in [0, 0.05) is 18.1 Å². The second-order valence-corrected chi connectivity index (χ2v) is 5.75. The van der Waals surface area contributed by atoms with Crippen molar-refractivity contribution in [3.8, 4) is 0 Å². The smallest absolute Gasteiger partial charge is 0.261 e. The Morgan fingerprint density at radius 1 is 1.12 bits per heavy atom. The molecular formula is C17H15ClF2N2O2. The lowest BCUT2D eigenvalue weighted by atomic mass is 10.1. The van der Waals surface area contributed by atoms with E-state index in [1.165, 1.54) is 6.07 Å². The van der Waals surface area contributed by atoms with Crippen LogP contribution >= 0.6 is 11.6 Å². The third-order valence-electron chi connectivity index (χ3n) is 3.75. The summed E-state index contributed by atoms with van der Waals surface area (Å²) in [5.41, 5.74) is 0.509. The fourth-order valence-electron chi connectivity index (χ4n) is 2.59. The molecule has 0 radical (unpaired) electrons. The molecule has 1 fully saturated rings. The summed E-state index contributed by atoms with van der Waals surface area (Å²) in [5.74, 6) is -2.69. The van der Waals surface area contributed by atoms with E-state index in [0.717, 1.165) is 17.8 Å². The summed E-state index contributed by atoms with van der Waals surface area (Å²) >= 11 is 6.01. The fraction of sp³-hybridized carbons (Fsp3) is 0.235. The second kappa shape index (κ2) is 7.15. The topological polar surface area (TPSA) is 41.6 Å². The maximum atomic E-state index is 13.8. The molecule has 7 heteroatoms. The van der Waals surface area contributed by atoms with Crippen molar-refractivity contribution in [2.45, 2.75) is 0 Å². The monoisotopic (exact) mass is 352 g/mol. The van der Waals surface area contributed by atoms with E-state index in [9.17, 15) is 13.6 Å². The van der Waals surface area contributed by atoms with E-state index in [1.54, 1.807) is 18.2 Å². The molecule has 1 aliphatic heterocycles. The first kappa shape index (κ1) is 16.7. The van der Waals surface area contributed by atoms with Crippen molar-refractivity contribution in [2.75, 3.05) is 36.5 Å². The van der Waals surface area contributed by atoms with E-state index >= 15 is 0 Å². The highest BCUT2D eigenvalue weighted by molar-refractivity contribution is 6.31. The number of nitrogens with one attached hydrogen (secondary N) is 1. The van der Waals surface area contributed by atoms with Crippen LogP contribution in [0.25, 0.3) is 0 Å². The van der Waals surface area contributed by atoms with Crippen LogP contribution in [0.5, 0.6) is 0 Å². The van der Waals surface area contributed by atoms with Crippen LogP contribution < -0.4 is 10.2 Å². The van der Waals surface area contributed by atoms with Crippen LogP contribution in [-0.2, 0) is 4.74 Å². The summed E-state index contributed by atoms with van der Waals surface area (Å²) in [4.78, 5) is 14.3. The first-order valence-corrected chi connectivity index (χ1v) is 7.81. The lowest BCUT2D eigenvalue weighted by Crippen LogP contribution is -2.36. The Morgan fingerprint density at radius 3 is 2.46 bits per heavy atom. The van der Waals surface area contributed by atoms with Gasteiger partial charge >= 0.3 is 0 Å². The largest absolute Gasteiger partial charge is 0.378 e. The second-order valence-electron chi connectivity index (χ2n) is 5.31. The van der Waals surface area contributed by atoms with E-state index in [4.69, 9.17) is 16.3 Å². The minimum absolute atomic E-state index is 0.400. The van der Waals surface area contributed by atoms with Crippen molar-refractivity contribution in [2.24, 2.45) is 0 Å². The van der Waals surface area contributed by atoms with Crippen molar-refractivity contribution in [3.05, 3.63) is 58.6 Å². The molecule has 0 atom stereocenters. The molecule has 1 saturated heterocycles. The molecule has 126 valence electrons. The van der Waals surface area contributed by atoms with E-state index < -0.39 is 23.1 Å². The summed E-state index contributed by atoms with van der Waals surface area (Å²) in [7, 11) is 0. The molecule has 0 spiro atoms. The number of morpholine rings is 1. The number of nitrogens with zero attached hydrogens (tertiary/aromatic N) is 1. The van der Waals surface area contributed by atoms with Gasteiger partial charge in [0.25, 0.3) is 5.91 Å². The van der Waals surface area contributed by atoms with Gasteiger partial charge in [-0.25, -0.2) is 8.78 Å². The molecule has 0 aromatic heterocycles. The zero-order chi connectivity index (χ0) is 17.1. The van der Waals surface area contributed by atoms with E-state index in [2.05, 4.69) is 5.32 Å². The van der Waals surface area contributed by atoms with Gasteiger partial charge in [-0.1, -0.05) is 17.7 Å². The van der Waals surface area contributed by atoms with Crippen LogP contribution in [0.4, 0.5) is 20.2 Å². The first-order valence-electron chi connectivity index (χ1n) is 7.44. The zero-order valence-corrected chi connectivity index (χ0v) is 13.4. The van der Waals surface area contributed by atoms with Gasteiger partial charge < -0.3 is 15.0 Å². The molecule has 2 aromatic rings. The van der Waals surface area contributed by atoms with Gasteiger partial charge in [0.1, 0.15) is 17.2 Å². The van der Waals surface area contributed by atoms with E-state index in [0.29, 0.717) is 37.0 Å². The fourth-order valence-corrected chi connectivity index (χ4v) is 2.76. The molecule has 0 saturated carbocycles. The predicted molar refractivity (Wildman–Crippen MR) is 88.8 cm³/mol. The number of hydrogen-bond acceptors (Lipinski definition) is 3. The van der Waals surface area contributed by atoms with Crippen LogP contribution in [0.15, 0.2) is 36.4 Å². The predicted octanol–water partition coefficient (Wildman–Crippen LogP) is 3.71. The first-order chi connectivity index (χ1) is 11.6. The van der Waals surface area contributed by atoms with Crippen LogP contribution in [-0.4, -0.2) is 32.2 Å². The molecule has 4 nitrogen and oxygen atoms in total. The van der Waals surface area contributed by atoms with Gasteiger partial charge in [-0.05, 0) is 30.3 Å². The minimum atomic E-state index is -0.914. The zero-order valence-electron chi connectivity index (χ0n) is 12.7. The third kappa shape index (κ3) is 3.49. The number of carbonyl (C=O) groups excluding carboxylic acids is 1. The Labute approximate surface area is 143 Å². The molecular weight excluding hydrogens is 338 g/mol. The molecule has 2 aromatic carbocycles. The lowest BCUT2D eigenvalue weighted by molar-refractivity contribution is 0.101.